The van der Waals surface area contributed by atoms with Gasteiger partial charge in [-0.15, -0.1) is 0 Å². The summed E-state index contributed by atoms with van der Waals surface area (Å²) in [6.07, 6.45) is 3.09. The zero-order valence-corrected chi connectivity index (χ0v) is 14.1. The van der Waals surface area contributed by atoms with Crippen LogP contribution in [0.3, 0.4) is 0 Å². The first-order valence-corrected chi connectivity index (χ1v) is 8.46. The molecule has 5 nitrogen and oxygen atoms in total. The molecule has 0 atom stereocenters. The van der Waals surface area contributed by atoms with Gasteiger partial charge in [0.15, 0.2) is 5.76 Å². The summed E-state index contributed by atoms with van der Waals surface area (Å²) < 4.78 is 5.49. The van der Waals surface area contributed by atoms with Gasteiger partial charge in [0.1, 0.15) is 12.1 Å². The van der Waals surface area contributed by atoms with E-state index in [1.807, 2.05) is 36.1 Å². The van der Waals surface area contributed by atoms with Gasteiger partial charge in [0.05, 0.1) is 5.69 Å². The summed E-state index contributed by atoms with van der Waals surface area (Å²) in [6.45, 7) is 3.12. The van der Waals surface area contributed by atoms with E-state index >= 15 is 0 Å². The van der Waals surface area contributed by atoms with Crippen LogP contribution in [0.4, 0.5) is 0 Å². The predicted octanol–water partition coefficient (Wildman–Crippen LogP) is 3.29. The summed E-state index contributed by atoms with van der Waals surface area (Å²) in [5, 5.41) is 0. The molecular formula is C20H19N3O2. The van der Waals surface area contributed by atoms with Crippen LogP contribution >= 0.6 is 0 Å². The van der Waals surface area contributed by atoms with Gasteiger partial charge in [0.2, 0.25) is 0 Å². The van der Waals surface area contributed by atoms with Gasteiger partial charge in [-0.2, -0.15) is 0 Å². The number of aryl methyl sites for hydroxylation is 1. The summed E-state index contributed by atoms with van der Waals surface area (Å²) in [5.41, 5.74) is 4.22. The van der Waals surface area contributed by atoms with Crippen molar-refractivity contribution in [2.24, 2.45) is 0 Å². The van der Waals surface area contributed by atoms with Crippen LogP contribution in [0.15, 0.2) is 53.2 Å². The van der Waals surface area contributed by atoms with Crippen LogP contribution in [0.5, 0.6) is 0 Å². The maximum absolute atomic E-state index is 12.7. The second-order valence-electron chi connectivity index (χ2n) is 6.22. The van der Waals surface area contributed by atoms with Crippen molar-refractivity contribution in [1.82, 2.24) is 14.9 Å². The third-order valence-electron chi connectivity index (χ3n) is 4.57. The maximum Gasteiger partial charge on any atom is 0.289 e. The first-order chi connectivity index (χ1) is 12.2. The Kier molecular flexibility index (Phi) is 4.06. The normalized spacial score (nSPS) is 14.0. The van der Waals surface area contributed by atoms with Gasteiger partial charge in [-0.25, -0.2) is 9.97 Å². The molecule has 5 heteroatoms. The number of benzene rings is 1. The molecule has 1 aromatic carbocycles. The minimum Gasteiger partial charge on any atom is -0.456 e. The Hall–Kier alpha value is -2.95. The second-order valence-corrected chi connectivity index (χ2v) is 6.22. The molecule has 0 unspecified atom stereocenters. The van der Waals surface area contributed by atoms with Crippen molar-refractivity contribution in [2.75, 3.05) is 13.1 Å². The van der Waals surface area contributed by atoms with Crippen LogP contribution in [0, 0.1) is 6.92 Å². The third-order valence-corrected chi connectivity index (χ3v) is 4.57. The smallest absolute Gasteiger partial charge is 0.289 e. The van der Waals surface area contributed by atoms with E-state index in [4.69, 9.17) is 4.42 Å². The topological polar surface area (TPSA) is 59.2 Å². The molecule has 0 spiro atoms. The molecule has 0 bridgehead atoms. The molecule has 25 heavy (non-hydrogen) atoms. The first-order valence-electron chi connectivity index (χ1n) is 8.46. The van der Waals surface area contributed by atoms with Crippen molar-refractivity contribution in [1.29, 1.82) is 0 Å². The Labute approximate surface area is 146 Å². The summed E-state index contributed by atoms with van der Waals surface area (Å²) in [6, 6.07) is 13.7. The summed E-state index contributed by atoms with van der Waals surface area (Å²) >= 11 is 0. The minimum absolute atomic E-state index is 0.0601. The van der Waals surface area contributed by atoms with Gasteiger partial charge in [-0.05, 0) is 25.5 Å². The Balaban J connectivity index is 1.61. The predicted molar refractivity (Wildman–Crippen MR) is 94.2 cm³/mol. The fourth-order valence-electron chi connectivity index (χ4n) is 3.28. The van der Waals surface area contributed by atoms with E-state index in [9.17, 15) is 4.79 Å². The van der Waals surface area contributed by atoms with E-state index in [0.717, 1.165) is 41.1 Å². The minimum atomic E-state index is -0.0601. The molecule has 0 radical (unpaired) electrons. The van der Waals surface area contributed by atoms with E-state index < -0.39 is 0 Å². The second kappa shape index (κ2) is 6.51. The molecule has 1 amide bonds. The lowest BCUT2D eigenvalue weighted by Crippen LogP contribution is -2.33. The van der Waals surface area contributed by atoms with Crippen LogP contribution in [0.25, 0.3) is 11.3 Å². The molecular weight excluding hydrogens is 314 g/mol. The number of nitrogens with zero attached hydrogens (tertiary/aromatic N) is 3. The lowest BCUT2D eigenvalue weighted by Gasteiger charge is -2.18. The highest BCUT2D eigenvalue weighted by atomic mass is 16.3. The fraction of sp³-hybridized carbons (Fsp3) is 0.250. The zero-order valence-electron chi connectivity index (χ0n) is 14.1. The van der Waals surface area contributed by atoms with Crippen LogP contribution in [0.1, 0.15) is 27.6 Å². The summed E-state index contributed by atoms with van der Waals surface area (Å²) in [4.78, 5) is 23.5. The van der Waals surface area contributed by atoms with Crippen LogP contribution in [-0.4, -0.2) is 33.9 Å². The molecule has 3 heterocycles. The SMILES string of the molecule is Cc1ccc(C(=O)N2CCc3ncnc(-c4ccccc4)c3CC2)o1. The molecule has 0 saturated carbocycles. The molecule has 4 rings (SSSR count). The number of furan rings is 1. The molecule has 3 aromatic rings. The van der Waals surface area contributed by atoms with Crippen molar-refractivity contribution in [3.63, 3.8) is 0 Å². The van der Waals surface area contributed by atoms with Gasteiger partial charge in [-0.1, -0.05) is 30.3 Å². The van der Waals surface area contributed by atoms with Crippen molar-refractivity contribution in [3.05, 3.63) is 71.6 Å². The molecule has 0 N–H and O–H groups in total. The van der Waals surface area contributed by atoms with Crippen LogP contribution < -0.4 is 0 Å². The Morgan fingerprint density at radius 1 is 1.04 bits per heavy atom. The molecule has 126 valence electrons. The molecule has 1 aliphatic rings. The Morgan fingerprint density at radius 2 is 1.84 bits per heavy atom. The van der Waals surface area contributed by atoms with Crippen molar-refractivity contribution in [2.45, 2.75) is 19.8 Å². The molecule has 0 fully saturated rings. The quantitative estimate of drug-likeness (QED) is 0.722. The number of hydrogen-bond donors (Lipinski definition) is 0. The average molecular weight is 333 g/mol. The van der Waals surface area contributed by atoms with E-state index in [1.165, 1.54) is 0 Å². The number of aromatic nitrogens is 2. The highest BCUT2D eigenvalue weighted by molar-refractivity contribution is 5.91. The third kappa shape index (κ3) is 3.05. The molecule has 2 aromatic heterocycles. The van der Waals surface area contributed by atoms with Gasteiger partial charge in [0, 0.05) is 36.3 Å². The van der Waals surface area contributed by atoms with Crippen LogP contribution in [0.2, 0.25) is 0 Å². The molecule has 1 aliphatic heterocycles. The number of rotatable bonds is 2. The lowest BCUT2D eigenvalue weighted by atomic mass is 10.0. The number of amides is 1. The van der Waals surface area contributed by atoms with Crippen molar-refractivity contribution in [3.8, 4) is 11.3 Å². The van der Waals surface area contributed by atoms with Crippen LogP contribution in [-0.2, 0) is 12.8 Å². The highest BCUT2D eigenvalue weighted by Gasteiger charge is 2.24. The number of hydrogen-bond acceptors (Lipinski definition) is 4. The van der Waals surface area contributed by atoms with Gasteiger partial charge in [0.25, 0.3) is 5.91 Å². The van der Waals surface area contributed by atoms with Gasteiger partial charge in [-0.3, -0.25) is 4.79 Å². The number of carbonyl (C=O) groups is 1. The van der Waals surface area contributed by atoms with Gasteiger partial charge >= 0.3 is 0 Å². The molecule has 0 aliphatic carbocycles. The Morgan fingerprint density at radius 3 is 2.60 bits per heavy atom. The standard InChI is InChI=1S/C20H19N3O2/c1-14-7-8-18(25-14)20(24)23-11-9-16-17(10-12-23)21-13-22-19(16)15-5-3-2-4-6-15/h2-8,13H,9-12H2,1H3. The summed E-state index contributed by atoms with van der Waals surface area (Å²) in [5.74, 6) is 1.09. The number of fused-ring (bicyclic) bond motifs is 1. The van der Waals surface area contributed by atoms with Crippen molar-refractivity contribution < 1.29 is 9.21 Å². The summed E-state index contributed by atoms with van der Waals surface area (Å²) in [7, 11) is 0. The fourth-order valence-corrected chi connectivity index (χ4v) is 3.28. The van der Waals surface area contributed by atoms with E-state index in [-0.39, 0.29) is 5.91 Å². The maximum atomic E-state index is 12.7. The number of carbonyl (C=O) groups excluding carboxylic acids is 1. The van der Waals surface area contributed by atoms with Crippen molar-refractivity contribution >= 4 is 5.91 Å². The monoisotopic (exact) mass is 333 g/mol. The lowest BCUT2D eigenvalue weighted by molar-refractivity contribution is 0.0729. The van der Waals surface area contributed by atoms with E-state index in [1.54, 1.807) is 12.4 Å². The first kappa shape index (κ1) is 15.6. The van der Waals surface area contributed by atoms with E-state index in [0.29, 0.717) is 18.8 Å². The van der Waals surface area contributed by atoms with E-state index in [2.05, 4.69) is 22.1 Å². The molecule has 0 saturated heterocycles. The largest absolute Gasteiger partial charge is 0.456 e. The highest BCUT2D eigenvalue weighted by Crippen LogP contribution is 2.26. The Bertz CT molecular complexity index is 902. The van der Waals surface area contributed by atoms with Gasteiger partial charge < -0.3 is 9.32 Å². The average Bonchev–Trinajstić information content (AvgIpc) is 2.96. The zero-order chi connectivity index (χ0) is 17.2.